The van der Waals surface area contributed by atoms with E-state index in [2.05, 4.69) is 14.6 Å². The zero-order valence-electron chi connectivity index (χ0n) is 18.9. The predicted molar refractivity (Wildman–Crippen MR) is 133 cm³/mol. The number of hydrogen-bond donors (Lipinski definition) is 1. The van der Waals surface area contributed by atoms with Gasteiger partial charge in [-0.1, -0.05) is 29.3 Å². The minimum Gasteiger partial charge on any atom is -0.425 e. The predicted octanol–water partition coefficient (Wildman–Crippen LogP) is 4.88. The molecule has 1 fully saturated rings. The van der Waals surface area contributed by atoms with Crippen molar-refractivity contribution in [3.8, 4) is 11.8 Å². The number of sulfonamides is 1. The number of rotatable bonds is 8. The molecule has 34 heavy (non-hydrogen) atoms. The fourth-order valence-electron chi connectivity index (χ4n) is 3.79. The molecule has 1 saturated heterocycles. The van der Waals surface area contributed by atoms with E-state index in [1.165, 1.54) is 18.2 Å². The number of aromatic nitrogens is 2. The van der Waals surface area contributed by atoms with Gasteiger partial charge >= 0.3 is 6.01 Å². The van der Waals surface area contributed by atoms with Gasteiger partial charge in [0, 0.05) is 31.4 Å². The van der Waals surface area contributed by atoms with Gasteiger partial charge < -0.3 is 14.4 Å². The molecule has 1 aliphatic rings. The normalized spacial score (nSPS) is 15.4. The average molecular weight is 525 g/mol. The standard InChI is InChI=1S/C23H26Cl2N4O4S/c1-3-29-22(16(2)27-34(30,31)19-7-8-20(24)21(25)14-19)15-26-23(29)33-18-6-4-5-17(13-18)28-9-11-32-12-10-28/h4-8,13-16,27H,3,9-12H2,1-2H3. The summed E-state index contributed by atoms with van der Waals surface area (Å²) in [7, 11) is -3.83. The van der Waals surface area contributed by atoms with Crippen molar-refractivity contribution in [3.05, 3.63) is 64.4 Å². The Hall–Kier alpha value is -2.30. The lowest BCUT2D eigenvalue weighted by Crippen LogP contribution is -2.36. The second kappa shape index (κ2) is 10.5. The van der Waals surface area contributed by atoms with Crippen LogP contribution in [0.25, 0.3) is 0 Å². The van der Waals surface area contributed by atoms with Gasteiger partial charge in [0.25, 0.3) is 0 Å². The Morgan fingerprint density at radius 3 is 2.62 bits per heavy atom. The molecule has 8 nitrogen and oxygen atoms in total. The summed E-state index contributed by atoms with van der Waals surface area (Å²) in [6, 6.07) is 11.8. The van der Waals surface area contributed by atoms with E-state index in [9.17, 15) is 8.42 Å². The van der Waals surface area contributed by atoms with Crippen LogP contribution in [0, 0.1) is 0 Å². The van der Waals surface area contributed by atoms with Crippen molar-refractivity contribution in [2.45, 2.75) is 31.3 Å². The Labute approximate surface area is 209 Å². The van der Waals surface area contributed by atoms with E-state index in [1.54, 1.807) is 13.1 Å². The second-order valence-electron chi connectivity index (χ2n) is 7.83. The van der Waals surface area contributed by atoms with E-state index in [0.29, 0.717) is 37.2 Å². The molecule has 0 saturated carbocycles. The van der Waals surface area contributed by atoms with Crippen molar-refractivity contribution >= 4 is 38.9 Å². The number of hydrogen-bond acceptors (Lipinski definition) is 6. The monoisotopic (exact) mass is 524 g/mol. The third kappa shape index (κ3) is 5.50. The number of imidazole rings is 1. The Balaban J connectivity index is 1.52. The Kier molecular flexibility index (Phi) is 7.69. The molecule has 1 N–H and O–H groups in total. The first-order valence-electron chi connectivity index (χ1n) is 10.9. The quantitative estimate of drug-likeness (QED) is 0.452. The highest BCUT2D eigenvalue weighted by Gasteiger charge is 2.23. The van der Waals surface area contributed by atoms with Crippen LogP contribution in [0.3, 0.4) is 0 Å². The van der Waals surface area contributed by atoms with Crippen molar-refractivity contribution in [1.82, 2.24) is 14.3 Å². The molecule has 182 valence electrons. The smallest absolute Gasteiger partial charge is 0.302 e. The number of ether oxygens (including phenoxy) is 2. The molecule has 3 aromatic rings. The van der Waals surface area contributed by atoms with Gasteiger partial charge in [0.15, 0.2) is 0 Å². The van der Waals surface area contributed by atoms with Crippen LogP contribution in [0.15, 0.2) is 53.6 Å². The first-order valence-corrected chi connectivity index (χ1v) is 13.2. The minimum absolute atomic E-state index is 0.0349. The first kappa shape index (κ1) is 24.8. The number of halogens is 2. The topological polar surface area (TPSA) is 85.7 Å². The molecule has 0 aliphatic carbocycles. The number of anilines is 1. The summed E-state index contributed by atoms with van der Waals surface area (Å²) in [5.41, 5.74) is 1.73. The molecule has 0 amide bonds. The van der Waals surface area contributed by atoms with Gasteiger partial charge in [-0.05, 0) is 44.2 Å². The van der Waals surface area contributed by atoms with Crippen LogP contribution >= 0.6 is 23.2 Å². The lowest BCUT2D eigenvalue weighted by atomic mass is 10.2. The molecule has 2 heterocycles. The fourth-order valence-corrected chi connectivity index (χ4v) is 5.40. The lowest BCUT2D eigenvalue weighted by molar-refractivity contribution is 0.122. The Morgan fingerprint density at radius 2 is 1.91 bits per heavy atom. The highest BCUT2D eigenvalue weighted by Crippen LogP contribution is 2.29. The van der Waals surface area contributed by atoms with Crippen LogP contribution in [0.4, 0.5) is 5.69 Å². The molecule has 1 aromatic heterocycles. The van der Waals surface area contributed by atoms with E-state index < -0.39 is 16.1 Å². The van der Waals surface area contributed by atoms with Crippen LogP contribution in [-0.4, -0.2) is 44.3 Å². The molecule has 2 aromatic carbocycles. The molecular weight excluding hydrogens is 499 g/mol. The summed E-state index contributed by atoms with van der Waals surface area (Å²) in [5.74, 6) is 0.653. The summed E-state index contributed by atoms with van der Waals surface area (Å²) < 4.78 is 41.8. The summed E-state index contributed by atoms with van der Waals surface area (Å²) in [6.07, 6.45) is 1.62. The first-order chi connectivity index (χ1) is 16.3. The maximum absolute atomic E-state index is 12.9. The van der Waals surface area contributed by atoms with Crippen molar-refractivity contribution in [2.75, 3.05) is 31.2 Å². The van der Waals surface area contributed by atoms with Crippen LogP contribution in [0.1, 0.15) is 25.6 Å². The Morgan fingerprint density at radius 1 is 1.15 bits per heavy atom. The number of morpholine rings is 1. The van der Waals surface area contributed by atoms with Crippen molar-refractivity contribution < 1.29 is 17.9 Å². The third-order valence-electron chi connectivity index (χ3n) is 5.55. The average Bonchev–Trinajstić information content (AvgIpc) is 3.24. The molecule has 0 radical (unpaired) electrons. The van der Waals surface area contributed by atoms with Crippen molar-refractivity contribution in [3.63, 3.8) is 0 Å². The number of nitrogens with zero attached hydrogens (tertiary/aromatic N) is 3. The maximum atomic E-state index is 12.9. The number of nitrogens with one attached hydrogen (secondary N) is 1. The van der Waals surface area contributed by atoms with Crippen molar-refractivity contribution in [2.24, 2.45) is 0 Å². The molecular formula is C23H26Cl2N4O4S. The van der Waals surface area contributed by atoms with Gasteiger partial charge in [-0.3, -0.25) is 4.57 Å². The van der Waals surface area contributed by atoms with Crippen LogP contribution < -0.4 is 14.4 Å². The van der Waals surface area contributed by atoms with E-state index >= 15 is 0 Å². The van der Waals surface area contributed by atoms with Gasteiger partial charge in [-0.25, -0.2) is 18.1 Å². The van der Waals surface area contributed by atoms with Crippen molar-refractivity contribution in [1.29, 1.82) is 0 Å². The molecule has 1 atom stereocenters. The van der Waals surface area contributed by atoms with E-state index in [-0.39, 0.29) is 14.9 Å². The number of benzene rings is 2. The summed E-state index contributed by atoms with van der Waals surface area (Å²) in [5, 5.41) is 0.461. The van der Waals surface area contributed by atoms with E-state index in [0.717, 1.165) is 18.8 Å². The molecule has 4 rings (SSSR count). The van der Waals surface area contributed by atoms with Gasteiger partial charge in [-0.15, -0.1) is 0 Å². The summed E-state index contributed by atoms with van der Waals surface area (Å²) in [4.78, 5) is 6.69. The highest BCUT2D eigenvalue weighted by atomic mass is 35.5. The lowest BCUT2D eigenvalue weighted by Gasteiger charge is -2.29. The molecule has 1 aliphatic heterocycles. The molecule has 1 unspecified atom stereocenters. The van der Waals surface area contributed by atoms with E-state index in [1.807, 2.05) is 35.8 Å². The van der Waals surface area contributed by atoms with Gasteiger partial charge in [0.05, 0.1) is 46.1 Å². The fraction of sp³-hybridized carbons (Fsp3) is 0.348. The Bertz CT molecular complexity index is 1260. The third-order valence-corrected chi connectivity index (χ3v) is 7.82. The second-order valence-corrected chi connectivity index (χ2v) is 10.4. The SMILES string of the molecule is CCn1c(C(C)NS(=O)(=O)c2ccc(Cl)c(Cl)c2)cnc1Oc1cccc(N2CCOCC2)c1. The van der Waals surface area contributed by atoms with E-state index in [4.69, 9.17) is 32.7 Å². The summed E-state index contributed by atoms with van der Waals surface area (Å²) in [6.45, 7) is 7.30. The molecule has 11 heteroatoms. The largest absolute Gasteiger partial charge is 0.425 e. The van der Waals surface area contributed by atoms with Crippen LogP contribution in [0.2, 0.25) is 10.0 Å². The molecule has 0 spiro atoms. The maximum Gasteiger partial charge on any atom is 0.302 e. The van der Waals surface area contributed by atoms with Crippen LogP contribution in [0.5, 0.6) is 11.8 Å². The van der Waals surface area contributed by atoms with Gasteiger partial charge in [0.2, 0.25) is 10.0 Å². The summed E-state index contributed by atoms with van der Waals surface area (Å²) >= 11 is 11.9. The van der Waals surface area contributed by atoms with Gasteiger partial charge in [-0.2, -0.15) is 0 Å². The molecule has 0 bridgehead atoms. The minimum atomic E-state index is -3.83. The van der Waals surface area contributed by atoms with Gasteiger partial charge in [0.1, 0.15) is 5.75 Å². The zero-order valence-corrected chi connectivity index (χ0v) is 21.2. The zero-order chi connectivity index (χ0) is 24.3. The van der Waals surface area contributed by atoms with Crippen LogP contribution in [-0.2, 0) is 21.3 Å². The highest BCUT2D eigenvalue weighted by molar-refractivity contribution is 7.89.